The van der Waals surface area contributed by atoms with Crippen LogP contribution >= 0.6 is 0 Å². The van der Waals surface area contributed by atoms with E-state index in [-0.39, 0.29) is 30.6 Å². The number of nitrogens with zero attached hydrogens (tertiary/aromatic N) is 7. The predicted octanol–water partition coefficient (Wildman–Crippen LogP) is 3.17. The van der Waals surface area contributed by atoms with Gasteiger partial charge in [0.1, 0.15) is 29.5 Å². The van der Waals surface area contributed by atoms with E-state index in [9.17, 15) is 18.0 Å². The van der Waals surface area contributed by atoms with Crippen LogP contribution in [0.4, 0.5) is 18.0 Å². The number of hydrogen-bond acceptors (Lipinski definition) is 6. The second-order valence-corrected chi connectivity index (χ2v) is 7.72. The van der Waals surface area contributed by atoms with Crippen LogP contribution in [0.2, 0.25) is 0 Å². The van der Waals surface area contributed by atoms with Crippen LogP contribution in [-0.2, 0) is 0 Å². The topological polar surface area (TPSA) is 99.6 Å². The average Bonchev–Trinajstić information content (AvgIpc) is 3.45. The van der Waals surface area contributed by atoms with Crippen molar-refractivity contribution in [2.24, 2.45) is 5.10 Å². The summed E-state index contributed by atoms with van der Waals surface area (Å²) in [6.07, 6.45) is 3.81. The molecule has 172 valence electrons. The maximum absolute atomic E-state index is 14.2. The van der Waals surface area contributed by atoms with Crippen LogP contribution < -0.4 is 4.74 Å². The molecule has 34 heavy (non-hydrogen) atoms. The van der Waals surface area contributed by atoms with Crippen molar-refractivity contribution in [3.8, 4) is 17.9 Å². The molecule has 4 heterocycles. The number of carbonyl (C=O) groups is 1. The van der Waals surface area contributed by atoms with E-state index in [1.54, 1.807) is 18.3 Å². The van der Waals surface area contributed by atoms with Crippen LogP contribution in [0.1, 0.15) is 23.7 Å². The Morgan fingerprint density at radius 3 is 2.68 bits per heavy atom. The second kappa shape index (κ2) is 8.51. The number of urea groups is 1. The van der Waals surface area contributed by atoms with Gasteiger partial charge in [-0.05, 0) is 29.8 Å². The number of ether oxygens (including phenoxy) is 1. The SMILES string of the molecule is N#Cc1cccn1-c1ncc(F)c(OC2CN(C(=O)N3N=CC[C@H]3c3cc(F)cc(F)c3)C2)n1. The minimum Gasteiger partial charge on any atom is -0.468 e. The van der Waals surface area contributed by atoms with Crippen LogP contribution in [0.25, 0.3) is 5.95 Å². The van der Waals surface area contributed by atoms with E-state index in [0.29, 0.717) is 12.0 Å². The number of likely N-dealkylation sites (tertiary alicyclic amines) is 1. The first-order valence-electron chi connectivity index (χ1n) is 10.3. The van der Waals surface area contributed by atoms with Crippen LogP contribution in [0.3, 0.4) is 0 Å². The van der Waals surface area contributed by atoms with Crippen molar-refractivity contribution in [3.63, 3.8) is 0 Å². The zero-order valence-corrected chi connectivity index (χ0v) is 17.5. The summed E-state index contributed by atoms with van der Waals surface area (Å²) in [5.74, 6) is -2.48. The number of halogens is 3. The summed E-state index contributed by atoms with van der Waals surface area (Å²) in [4.78, 5) is 22.3. The zero-order chi connectivity index (χ0) is 23.8. The Labute approximate surface area is 191 Å². The first-order chi connectivity index (χ1) is 16.4. The van der Waals surface area contributed by atoms with Crippen molar-refractivity contribution in [2.45, 2.75) is 18.6 Å². The van der Waals surface area contributed by atoms with E-state index in [2.05, 4.69) is 15.1 Å². The van der Waals surface area contributed by atoms with Crippen LogP contribution in [-0.4, -0.2) is 55.9 Å². The molecule has 2 aliphatic heterocycles. The van der Waals surface area contributed by atoms with Gasteiger partial charge >= 0.3 is 6.03 Å². The Hall–Kier alpha value is -4.40. The highest BCUT2D eigenvalue weighted by Gasteiger charge is 2.39. The van der Waals surface area contributed by atoms with Gasteiger partial charge in [0.05, 0.1) is 25.3 Å². The summed E-state index contributed by atoms with van der Waals surface area (Å²) in [6.45, 7) is 0.279. The number of rotatable bonds is 4. The maximum atomic E-state index is 14.2. The number of hydrazone groups is 1. The fraction of sp³-hybridized carbons (Fsp3) is 0.227. The summed E-state index contributed by atoms with van der Waals surface area (Å²) in [7, 11) is 0. The molecule has 1 fully saturated rings. The lowest BCUT2D eigenvalue weighted by molar-refractivity contribution is 0.0229. The van der Waals surface area contributed by atoms with Gasteiger partial charge in [0.2, 0.25) is 11.8 Å². The summed E-state index contributed by atoms with van der Waals surface area (Å²) < 4.78 is 48.5. The van der Waals surface area contributed by atoms with Crippen molar-refractivity contribution in [3.05, 3.63) is 71.4 Å². The molecule has 0 aliphatic carbocycles. The Morgan fingerprint density at radius 1 is 1.18 bits per heavy atom. The quantitative estimate of drug-likeness (QED) is 0.587. The van der Waals surface area contributed by atoms with E-state index in [1.165, 1.54) is 32.8 Å². The third kappa shape index (κ3) is 3.92. The van der Waals surface area contributed by atoms with Gasteiger partial charge in [-0.15, -0.1) is 0 Å². The molecule has 0 radical (unpaired) electrons. The normalized spacial score (nSPS) is 17.5. The van der Waals surface area contributed by atoms with Crippen molar-refractivity contribution in [1.29, 1.82) is 5.26 Å². The van der Waals surface area contributed by atoms with Gasteiger partial charge in [0, 0.05) is 24.9 Å². The van der Waals surface area contributed by atoms with Gasteiger partial charge in [-0.2, -0.15) is 19.7 Å². The number of amides is 2. The highest BCUT2D eigenvalue weighted by Crippen LogP contribution is 2.31. The van der Waals surface area contributed by atoms with Crippen LogP contribution in [0, 0.1) is 28.8 Å². The van der Waals surface area contributed by atoms with Gasteiger partial charge in [0.15, 0.2) is 0 Å². The summed E-state index contributed by atoms with van der Waals surface area (Å²) >= 11 is 0. The molecule has 2 aromatic heterocycles. The first kappa shape index (κ1) is 21.4. The van der Waals surface area contributed by atoms with Crippen molar-refractivity contribution >= 4 is 12.2 Å². The Morgan fingerprint density at radius 2 is 1.94 bits per heavy atom. The van der Waals surface area contributed by atoms with Crippen LogP contribution in [0.5, 0.6) is 5.88 Å². The van der Waals surface area contributed by atoms with Crippen molar-refractivity contribution < 1.29 is 22.7 Å². The molecule has 2 amide bonds. The van der Waals surface area contributed by atoms with E-state index in [4.69, 9.17) is 10.00 Å². The molecular weight excluding hydrogens is 451 g/mol. The average molecular weight is 467 g/mol. The predicted molar refractivity (Wildman–Crippen MR) is 111 cm³/mol. The first-order valence-corrected chi connectivity index (χ1v) is 10.3. The molecule has 5 rings (SSSR count). The monoisotopic (exact) mass is 467 g/mol. The lowest BCUT2D eigenvalue weighted by atomic mass is 10.0. The molecular formula is C22H16F3N7O2. The van der Waals surface area contributed by atoms with Crippen molar-refractivity contribution in [2.75, 3.05) is 13.1 Å². The largest absolute Gasteiger partial charge is 0.468 e. The Bertz CT molecular complexity index is 1310. The molecule has 12 heteroatoms. The van der Waals surface area contributed by atoms with E-state index in [0.717, 1.165) is 12.3 Å². The third-order valence-corrected chi connectivity index (χ3v) is 5.47. The minimum absolute atomic E-state index is 0.0711. The standard InChI is InChI=1S/C22H16F3N7O2/c23-14-6-13(7-15(24)8-14)19-3-4-28-32(19)22(33)30-11-17(12-30)34-20-18(25)10-27-21(29-20)31-5-1-2-16(31)9-26/h1-2,4-8,10,17,19H,3,11-12H2/t19-/m0/s1. The molecule has 0 saturated carbocycles. The van der Waals surface area contributed by atoms with E-state index < -0.39 is 35.6 Å². The van der Waals surface area contributed by atoms with Crippen molar-refractivity contribution in [1.82, 2.24) is 24.4 Å². The number of benzene rings is 1. The minimum atomic E-state index is -0.781. The number of hydrogen-bond donors (Lipinski definition) is 0. The third-order valence-electron chi connectivity index (χ3n) is 5.47. The maximum Gasteiger partial charge on any atom is 0.341 e. The number of nitriles is 1. The molecule has 9 nitrogen and oxygen atoms in total. The summed E-state index contributed by atoms with van der Waals surface area (Å²) in [5, 5.41) is 14.4. The summed E-state index contributed by atoms with van der Waals surface area (Å²) in [6, 6.07) is 7.19. The van der Waals surface area contributed by atoms with Gasteiger partial charge in [0.25, 0.3) is 5.88 Å². The molecule has 0 spiro atoms. The molecule has 1 aromatic carbocycles. The number of aromatic nitrogens is 3. The molecule has 3 aromatic rings. The molecule has 0 unspecified atom stereocenters. The lowest BCUT2D eigenvalue weighted by Crippen LogP contribution is -2.59. The van der Waals surface area contributed by atoms with Gasteiger partial charge in [-0.25, -0.2) is 23.6 Å². The number of carbonyl (C=O) groups excluding carboxylic acids is 1. The highest BCUT2D eigenvalue weighted by molar-refractivity contribution is 5.79. The lowest BCUT2D eigenvalue weighted by Gasteiger charge is -2.40. The van der Waals surface area contributed by atoms with Gasteiger partial charge < -0.3 is 9.64 Å². The highest BCUT2D eigenvalue weighted by atomic mass is 19.1. The summed E-state index contributed by atoms with van der Waals surface area (Å²) in [5.41, 5.74) is 0.575. The fourth-order valence-electron chi connectivity index (χ4n) is 3.80. The Balaban J connectivity index is 1.25. The molecule has 1 atom stereocenters. The molecule has 2 aliphatic rings. The Kier molecular flexibility index (Phi) is 5.37. The fourth-order valence-corrected chi connectivity index (χ4v) is 3.80. The van der Waals surface area contributed by atoms with E-state index in [1.807, 2.05) is 6.07 Å². The molecule has 0 bridgehead atoms. The molecule has 1 saturated heterocycles. The van der Waals surface area contributed by atoms with E-state index >= 15 is 0 Å². The van der Waals surface area contributed by atoms with Crippen LogP contribution in [0.15, 0.2) is 47.8 Å². The second-order valence-electron chi connectivity index (χ2n) is 7.72. The van der Waals surface area contributed by atoms with Gasteiger partial charge in [-0.3, -0.25) is 4.57 Å². The smallest absolute Gasteiger partial charge is 0.341 e. The zero-order valence-electron chi connectivity index (χ0n) is 17.5. The molecule has 0 N–H and O–H groups in total. The van der Waals surface area contributed by atoms with Gasteiger partial charge in [-0.1, -0.05) is 0 Å².